The molecule has 0 aliphatic heterocycles. The van der Waals surface area contributed by atoms with Crippen molar-refractivity contribution >= 4 is 16.8 Å². The van der Waals surface area contributed by atoms with Gasteiger partial charge in [0, 0.05) is 28.7 Å². The Labute approximate surface area is 85.7 Å². The summed E-state index contributed by atoms with van der Waals surface area (Å²) in [5.41, 5.74) is 8.36. The molecule has 0 unspecified atom stereocenters. The summed E-state index contributed by atoms with van der Waals surface area (Å²) in [5, 5.41) is 5.02. The zero-order valence-corrected chi connectivity index (χ0v) is 7.90. The Morgan fingerprint density at radius 2 is 2.20 bits per heavy atom. The van der Waals surface area contributed by atoms with Gasteiger partial charge in [-0.15, -0.1) is 0 Å². The Kier molecular flexibility index (Phi) is 1.56. The highest BCUT2D eigenvalue weighted by atomic mass is 16.5. The second kappa shape index (κ2) is 2.88. The molecule has 15 heavy (non-hydrogen) atoms. The van der Waals surface area contributed by atoms with Crippen LogP contribution in [-0.4, -0.2) is 10.1 Å². The Bertz CT molecular complexity index is 609. The number of nitrogens with two attached hydrogens (primary N) is 1. The number of H-pyrrole nitrogens is 1. The molecule has 2 heterocycles. The lowest BCUT2D eigenvalue weighted by atomic mass is 10.1. The van der Waals surface area contributed by atoms with Crippen molar-refractivity contribution in [3.8, 4) is 11.3 Å². The van der Waals surface area contributed by atoms with Gasteiger partial charge in [0.2, 0.25) is 5.88 Å². The Morgan fingerprint density at radius 1 is 1.27 bits per heavy atom. The monoisotopic (exact) mass is 199 g/mol. The predicted molar refractivity (Wildman–Crippen MR) is 58.2 cm³/mol. The topological polar surface area (TPSA) is 67.8 Å². The lowest BCUT2D eigenvalue weighted by Crippen LogP contribution is -1.78. The summed E-state index contributed by atoms with van der Waals surface area (Å²) in [6, 6.07) is 9.71. The predicted octanol–water partition coefficient (Wildman–Crippen LogP) is 2.41. The maximum absolute atomic E-state index is 5.50. The van der Waals surface area contributed by atoms with Crippen molar-refractivity contribution in [2.75, 3.05) is 5.73 Å². The third-order valence-electron chi connectivity index (χ3n) is 2.40. The van der Waals surface area contributed by atoms with Gasteiger partial charge in [-0.3, -0.25) is 0 Å². The zero-order valence-electron chi connectivity index (χ0n) is 7.90. The zero-order chi connectivity index (χ0) is 10.3. The first kappa shape index (κ1) is 8.11. The van der Waals surface area contributed by atoms with Crippen LogP contribution in [0.15, 0.2) is 41.1 Å². The fourth-order valence-corrected chi connectivity index (χ4v) is 1.73. The number of nitrogens with one attached hydrogen (secondary N) is 1. The number of fused-ring (bicyclic) bond motifs is 1. The van der Waals surface area contributed by atoms with Gasteiger partial charge >= 0.3 is 0 Å². The van der Waals surface area contributed by atoms with Crippen LogP contribution in [0.3, 0.4) is 0 Å². The molecule has 3 rings (SSSR count). The number of nitrogen functional groups attached to an aromatic ring is 1. The molecule has 2 aromatic heterocycles. The first-order valence-electron chi connectivity index (χ1n) is 4.63. The molecule has 3 aromatic rings. The van der Waals surface area contributed by atoms with E-state index in [1.807, 2.05) is 30.5 Å². The summed E-state index contributed by atoms with van der Waals surface area (Å²) in [4.78, 5) is 3.15. The van der Waals surface area contributed by atoms with Crippen LogP contribution in [0, 0.1) is 0 Å². The average Bonchev–Trinajstić information content (AvgIpc) is 2.84. The van der Waals surface area contributed by atoms with Crippen LogP contribution in [0.4, 0.5) is 5.88 Å². The van der Waals surface area contributed by atoms with Gasteiger partial charge in [-0.2, -0.15) is 0 Å². The van der Waals surface area contributed by atoms with Crippen LogP contribution in [-0.2, 0) is 0 Å². The van der Waals surface area contributed by atoms with Crippen molar-refractivity contribution < 1.29 is 4.52 Å². The van der Waals surface area contributed by atoms with Crippen LogP contribution >= 0.6 is 0 Å². The third kappa shape index (κ3) is 1.19. The molecule has 0 spiro atoms. The summed E-state index contributed by atoms with van der Waals surface area (Å²) >= 11 is 0. The molecular weight excluding hydrogens is 190 g/mol. The molecule has 0 aliphatic rings. The van der Waals surface area contributed by atoms with Crippen LogP contribution in [0.5, 0.6) is 0 Å². The van der Waals surface area contributed by atoms with Crippen molar-refractivity contribution in [2.24, 2.45) is 0 Å². The average molecular weight is 199 g/mol. The van der Waals surface area contributed by atoms with E-state index in [1.165, 1.54) is 0 Å². The van der Waals surface area contributed by atoms with Gasteiger partial charge in [0.05, 0.1) is 0 Å². The van der Waals surface area contributed by atoms with E-state index in [1.54, 1.807) is 6.07 Å². The molecule has 0 saturated heterocycles. The van der Waals surface area contributed by atoms with E-state index in [0.717, 1.165) is 22.2 Å². The van der Waals surface area contributed by atoms with Gasteiger partial charge in [-0.25, -0.2) is 0 Å². The summed E-state index contributed by atoms with van der Waals surface area (Å²) < 4.78 is 4.86. The number of hydrogen-bond donors (Lipinski definition) is 2. The maximum Gasteiger partial charge on any atom is 0.222 e. The molecule has 4 heteroatoms. The van der Waals surface area contributed by atoms with Crippen LogP contribution in [0.2, 0.25) is 0 Å². The molecule has 4 nitrogen and oxygen atoms in total. The van der Waals surface area contributed by atoms with E-state index in [4.69, 9.17) is 10.3 Å². The van der Waals surface area contributed by atoms with E-state index in [2.05, 4.69) is 10.1 Å². The Hall–Kier alpha value is -2.23. The van der Waals surface area contributed by atoms with Gasteiger partial charge in [-0.1, -0.05) is 17.3 Å². The summed E-state index contributed by atoms with van der Waals surface area (Å²) in [7, 11) is 0. The van der Waals surface area contributed by atoms with Crippen LogP contribution < -0.4 is 5.73 Å². The van der Waals surface area contributed by atoms with Crippen molar-refractivity contribution in [1.29, 1.82) is 0 Å². The second-order valence-electron chi connectivity index (χ2n) is 3.36. The molecule has 0 bridgehead atoms. The number of aromatic nitrogens is 2. The number of rotatable bonds is 1. The first-order valence-corrected chi connectivity index (χ1v) is 4.63. The second-order valence-corrected chi connectivity index (χ2v) is 3.36. The molecule has 0 radical (unpaired) electrons. The molecule has 1 aromatic carbocycles. The lowest BCUT2D eigenvalue weighted by Gasteiger charge is -1.97. The third-order valence-corrected chi connectivity index (χ3v) is 2.40. The number of benzene rings is 1. The number of aromatic amines is 1. The number of hydrogen-bond acceptors (Lipinski definition) is 3. The summed E-state index contributed by atoms with van der Waals surface area (Å²) in [6.45, 7) is 0. The number of nitrogens with zero attached hydrogens (tertiary/aromatic N) is 1. The highest BCUT2D eigenvalue weighted by molar-refractivity contribution is 5.94. The van der Waals surface area contributed by atoms with Gasteiger partial charge in [-0.05, 0) is 12.1 Å². The van der Waals surface area contributed by atoms with Crippen molar-refractivity contribution in [3.63, 3.8) is 0 Å². The van der Waals surface area contributed by atoms with E-state index < -0.39 is 0 Å². The molecule has 0 fully saturated rings. The fourth-order valence-electron chi connectivity index (χ4n) is 1.73. The smallest absolute Gasteiger partial charge is 0.222 e. The van der Waals surface area contributed by atoms with Gasteiger partial charge in [0.15, 0.2) is 0 Å². The molecule has 0 saturated carbocycles. The summed E-state index contributed by atoms with van der Waals surface area (Å²) in [6.07, 6.45) is 1.90. The lowest BCUT2D eigenvalue weighted by molar-refractivity contribution is 0.439. The van der Waals surface area contributed by atoms with Crippen LogP contribution in [0.25, 0.3) is 22.2 Å². The standard InChI is InChI=1S/C11H9N3O/c12-11-6-10(14-15-11)7-2-1-3-9-8(7)4-5-13-9/h1-6,13H,12H2. The number of anilines is 1. The van der Waals surface area contributed by atoms with Crippen molar-refractivity contribution in [3.05, 3.63) is 36.5 Å². The summed E-state index contributed by atoms with van der Waals surface area (Å²) in [5.74, 6) is 0.331. The highest BCUT2D eigenvalue weighted by Gasteiger charge is 2.08. The molecule has 0 atom stereocenters. The minimum Gasteiger partial charge on any atom is -0.368 e. The largest absolute Gasteiger partial charge is 0.368 e. The SMILES string of the molecule is Nc1cc(-c2cccc3[nH]ccc23)no1. The van der Waals surface area contributed by atoms with Gasteiger partial charge in [0.1, 0.15) is 5.69 Å². The van der Waals surface area contributed by atoms with Gasteiger partial charge in [0.25, 0.3) is 0 Å². The van der Waals surface area contributed by atoms with Gasteiger partial charge < -0.3 is 15.2 Å². The first-order chi connectivity index (χ1) is 7.34. The molecule has 74 valence electrons. The maximum atomic E-state index is 5.50. The van der Waals surface area contributed by atoms with E-state index >= 15 is 0 Å². The minimum atomic E-state index is 0.331. The molecular formula is C11H9N3O. The Morgan fingerprint density at radius 3 is 3.00 bits per heavy atom. The van der Waals surface area contributed by atoms with Crippen LogP contribution in [0.1, 0.15) is 0 Å². The molecule has 0 amide bonds. The molecule has 0 aliphatic carbocycles. The fraction of sp³-hybridized carbons (Fsp3) is 0. The molecule has 3 N–H and O–H groups in total. The quantitative estimate of drug-likeness (QED) is 0.632. The normalized spacial score (nSPS) is 10.9. The minimum absolute atomic E-state index is 0.331. The van der Waals surface area contributed by atoms with E-state index in [0.29, 0.717) is 5.88 Å². The van der Waals surface area contributed by atoms with Crippen molar-refractivity contribution in [1.82, 2.24) is 10.1 Å². The Balaban J connectivity index is 2.30. The van der Waals surface area contributed by atoms with E-state index in [9.17, 15) is 0 Å². The van der Waals surface area contributed by atoms with E-state index in [-0.39, 0.29) is 0 Å². The highest BCUT2D eigenvalue weighted by Crippen LogP contribution is 2.27. The van der Waals surface area contributed by atoms with Crippen molar-refractivity contribution in [2.45, 2.75) is 0 Å².